The Labute approximate surface area is 63.2 Å². The monoisotopic (exact) mass is 172 g/mol. The van der Waals surface area contributed by atoms with Gasteiger partial charge in [0.05, 0.1) is 12.4 Å². The van der Waals surface area contributed by atoms with E-state index in [0.29, 0.717) is 0 Å². The van der Waals surface area contributed by atoms with Crippen LogP contribution in [0.2, 0.25) is 0 Å². The predicted octanol–water partition coefficient (Wildman–Crippen LogP) is -0.488. The van der Waals surface area contributed by atoms with E-state index in [9.17, 15) is 13.2 Å². The van der Waals surface area contributed by atoms with Gasteiger partial charge in [-0.25, -0.2) is 0 Å². The molecule has 1 rings (SSSR count). The summed E-state index contributed by atoms with van der Waals surface area (Å²) in [7, 11) is -3.77. The van der Waals surface area contributed by atoms with E-state index in [4.69, 9.17) is 0 Å². The Hall–Kier alpha value is -1.30. The van der Waals surface area contributed by atoms with Crippen molar-refractivity contribution in [3.63, 3.8) is 0 Å². The molecule has 0 bridgehead atoms. The minimum atomic E-state index is -3.77. The highest BCUT2D eigenvalue weighted by atomic mass is 32.2. The molecule has 58 valence electrons. The average molecular weight is 172 g/mol. The highest BCUT2D eigenvalue weighted by Gasteiger charge is 2.15. The summed E-state index contributed by atoms with van der Waals surface area (Å²) < 4.78 is 24.8. The van der Waals surface area contributed by atoms with Crippen molar-refractivity contribution >= 4 is 28.7 Å². The fraction of sp³-hybridized carbons (Fsp3) is 0. The molecule has 1 aliphatic rings. The Bertz CT molecular complexity index is 350. The fourth-order valence-corrected chi connectivity index (χ4v) is 1.13. The van der Waals surface area contributed by atoms with E-state index < -0.39 is 14.9 Å². The molecule has 0 spiro atoms. The first-order valence-electron chi connectivity index (χ1n) is 2.64. The molecular formula is C5H4N2O3S. The summed E-state index contributed by atoms with van der Waals surface area (Å²) in [5, 5.41) is 0. The third kappa shape index (κ3) is 1.58. The van der Waals surface area contributed by atoms with Crippen LogP contribution in [0.3, 0.4) is 0 Å². The standard InChI is InChI=1S/C5H4N2O3S/c8-4-5-3-6-1-2-7-11(5,9)10/h1-4H. The molecule has 0 N–H and O–H groups in total. The first-order chi connectivity index (χ1) is 5.17. The highest BCUT2D eigenvalue weighted by Crippen LogP contribution is 2.06. The number of rotatable bonds is 1. The van der Waals surface area contributed by atoms with Gasteiger partial charge in [-0.15, -0.1) is 0 Å². The van der Waals surface area contributed by atoms with E-state index in [0.717, 1.165) is 12.4 Å². The molecule has 5 nitrogen and oxygen atoms in total. The number of allylic oxidation sites excluding steroid dienone is 1. The van der Waals surface area contributed by atoms with Crippen LogP contribution < -0.4 is 0 Å². The predicted molar refractivity (Wildman–Crippen MR) is 40.1 cm³/mol. The van der Waals surface area contributed by atoms with Crippen LogP contribution in [0.15, 0.2) is 20.5 Å². The van der Waals surface area contributed by atoms with E-state index in [1.807, 2.05) is 0 Å². The van der Waals surface area contributed by atoms with Crippen molar-refractivity contribution in [2.45, 2.75) is 0 Å². The molecule has 1 aliphatic heterocycles. The maximum absolute atomic E-state index is 10.9. The molecule has 0 amide bonds. The lowest BCUT2D eigenvalue weighted by atomic mass is 10.7. The summed E-state index contributed by atoms with van der Waals surface area (Å²) >= 11 is 0. The van der Waals surface area contributed by atoms with Gasteiger partial charge in [0.2, 0.25) is 0 Å². The Morgan fingerprint density at radius 2 is 2.09 bits per heavy atom. The average Bonchev–Trinajstić information content (AvgIpc) is 2.10. The molecule has 0 aromatic carbocycles. The SMILES string of the molecule is O=CC1=CN=CC=NS1(=O)=O. The number of nitrogens with zero attached hydrogens (tertiary/aromatic N) is 2. The highest BCUT2D eigenvalue weighted by molar-refractivity contribution is 7.95. The van der Waals surface area contributed by atoms with Crippen molar-refractivity contribution in [1.82, 2.24) is 0 Å². The number of sulfonamides is 1. The zero-order valence-electron chi connectivity index (χ0n) is 5.34. The molecule has 0 radical (unpaired) electrons. The van der Waals surface area contributed by atoms with Gasteiger partial charge in [-0.2, -0.15) is 12.8 Å². The van der Waals surface area contributed by atoms with Gasteiger partial charge in [0.1, 0.15) is 4.91 Å². The molecule has 0 aromatic rings. The van der Waals surface area contributed by atoms with E-state index >= 15 is 0 Å². The number of carbonyl (C=O) groups excluding carboxylic acids is 1. The van der Waals surface area contributed by atoms with Crippen molar-refractivity contribution in [1.29, 1.82) is 0 Å². The van der Waals surface area contributed by atoms with Gasteiger partial charge in [-0.1, -0.05) is 0 Å². The fourth-order valence-electron chi connectivity index (χ4n) is 0.481. The molecule has 6 heteroatoms. The molecule has 0 saturated heterocycles. The van der Waals surface area contributed by atoms with E-state index in [-0.39, 0.29) is 6.29 Å². The zero-order chi connectivity index (χ0) is 8.32. The third-order valence-electron chi connectivity index (χ3n) is 0.968. The summed E-state index contributed by atoms with van der Waals surface area (Å²) in [6, 6.07) is 0. The van der Waals surface area contributed by atoms with Crippen molar-refractivity contribution in [3.8, 4) is 0 Å². The molecule has 0 aliphatic carbocycles. The summed E-state index contributed by atoms with van der Waals surface area (Å²) in [6.45, 7) is 0. The maximum atomic E-state index is 10.9. The summed E-state index contributed by atoms with van der Waals surface area (Å²) in [5.41, 5.74) is 0. The normalized spacial score (nSPS) is 20.5. The quantitative estimate of drug-likeness (QED) is 0.501. The van der Waals surface area contributed by atoms with Gasteiger partial charge in [-0.3, -0.25) is 9.79 Å². The second kappa shape index (κ2) is 2.75. The number of aliphatic imine (C=N–C) groups is 1. The number of carbonyl (C=O) groups is 1. The Balaban J connectivity index is 3.27. The van der Waals surface area contributed by atoms with Crippen molar-refractivity contribution in [2.24, 2.45) is 9.39 Å². The molecular weight excluding hydrogens is 168 g/mol. The number of hydrogen-bond acceptors (Lipinski definition) is 4. The van der Waals surface area contributed by atoms with Crippen LogP contribution in [0.5, 0.6) is 0 Å². The van der Waals surface area contributed by atoms with Gasteiger partial charge < -0.3 is 0 Å². The molecule has 0 fully saturated rings. The Kier molecular flexibility index (Phi) is 1.95. The van der Waals surface area contributed by atoms with Gasteiger partial charge in [-0.05, 0) is 0 Å². The van der Waals surface area contributed by atoms with Crippen molar-refractivity contribution < 1.29 is 13.2 Å². The molecule has 0 aromatic heterocycles. The topological polar surface area (TPSA) is 75.9 Å². The first kappa shape index (κ1) is 7.80. The zero-order valence-corrected chi connectivity index (χ0v) is 6.15. The molecule has 0 saturated carbocycles. The maximum Gasteiger partial charge on any atom is 0.287 e. The van der Waals surface area contributed by atoms with E-state index in [1.165, 1.54) is 6.21 Å². The van der Waals surface area contributed by atoms with Crippen LogP contribution in [0.4, 0.5) is 0 Å². The smallest absolute Gasteiger partial charge is 0.287 e. The number of hydrogen-bond donors (Lipinski definition) is 0. The van der Waals surface area contributed by atoms with E-state index in [2.05, 4.69) is 9.39 Å². The van der Waals surface area contributed by atoms with Gasteiger partial charge in [0.25, 0.3) is 10.0 Å². The van der Waals surface area contributed by atoms with Gasteiger partial charge in [0, 0.05) is 6.21 Å². The van der Waals surface area contributed by atoms with Crippen LogP contribution >= 0.6 is 0 Å². The Morgan fingerprint density at radius 1 is 1.36 bits per heavy atom. The minimum Gasteiger partial charge on any atom is -0.297 e. The van der Waals surface area contributed by atoms with Crippen LogP contribution in [0.25, 0.3) is 0 Å². The lowest BCUT2D eigenvalue weighted by molar-refractivity contribution is -0.104. The largest absolute Gasteiger partial charge is 0.297 e. The van der Waals surface area contributed by atoms with Crippen molar-refractivity contribution in [3.05, 3.63) is 11.1 Å². The molecule has 11 heavy (non-hydrogen) atoms. The lowest BCUT2D eigenvalue weighted by Crippen LogP contribution is -2.00. The number of aldehydes is 1. The van der Waals surface area contributed by atoms with Crippen LogP contribution in [0.1, 0.15) is 0 Å². The molecule has 0 unspecified atom stereocenters. The van der Waals surface area contributed by atoms with Crippen LogP contribution in [0, 0.1) is 0 Å². The summed E-state index contributed by atoms with van der Waals surface area (Å²) in [4.78, 5) is 13.2. The van der Waals surface area contributed by atoms with Crippen molar-refractivity contribution in [2.75, 3.05) is 0 Å². The second-order valence-corrected chi connectivity index (χ2v) is 3.31. The Morgan fingerprint density at radius 3 is 2.73 bits per heavy atom. The van der Waals surface area contributed by atoms with Gasteiger partial charge in [0.15, 0.2) is 6.29 Å². The summed E-state index contributed by atoms with van der Waals surface area (Å²) in [5.74, 6) is 0. The van der Waals surface area contributed by atoms with Crippen LogP contribution in [-0.2, 0) is 14.8 Å². The summed E-state index contributed by atoms with van der Waals surface area (Å²) in [6.07, 6.45) is 3.36. The lowest BCUT2D eigenvalue weighted by Gasteiger charge is -1.89. The second-order valence-electron chi connectivity index (χ2n) is 1.68. The first-order valence-corrected chi connectivity index (χ1v) is 4.08. The molecule has 0 atom stereocenters. The van der Waals surface area contributed by atoms with E-state index in [1.54, 1.807) is 0 Å². The minimum absolute atomic E-state index is 0.204. The molecule has 1 heterocycles. The van der Waals surface area contributed by atoms with Crippen LogP contribution in [-0.4, -0.2) is 27.1 Å². The van der Waals surface area contributed by atoms with Gasteiger partial charge >= 0.3 is 0 Å². The third-order valence-corrected chi connectivity index (χ3v) is 2.16.